The molecule has 0 atom stereocenters. The van der Waals surface area contributed by atoms with E-state index in [1.54, 1.807) is 6.92 Å². The zero-order valence-electron chi connectivity index (χ0n) is 11.6. The predicted molar refractivity (Wildman–Crippen MR) is 70.2 cm³/mol. The number of carboxylic acids is 2. The van der Waals surface area contributed by atoms with E-state index in [-0.39, 0.29) is 23.7 Å². The maximum absolute atomic E-state index is 11.8. The summed E-state index contributed by atoms with van der Waals surface area (Å²) in [6, 6.07) is 0. The number of hydrogen-bond donors (Lipinski definition) is 2. The second kappa shape index (κ2) is 7.67. The van der Waals surface area contributed by atoms with E-state index >= 15 is 0 Å². The Morgan fingerprint density at radius 1 is 1.00 bits per heavy atom. The van der Waals surface area contributed by atoms with E-state index < -0.39 is 24.3 Å². The molecule has 0 saturated heterocycles. The smallest absolute Gasteiger partial charge is 0.332 e. The van der Waals surface area contributed by atoms with Crippen LogP contribution in [0.4, 0.5) is 0 Å². The van der Waals surface area contributed by atoms with E-state index in [9.17, 15) is 14.4 Å². The fourth-order valence-corrected chi connectivity index (χ4v) is 2.36. The molecule has 0 heterocycles. The number of hydrogen-bond acceptors (Lipinski definition) is 4. The molecule has 0 bridgehead atoms. The van der Waals surface area contributed by atoms with Crippen LogP contribution < -0.4 is 0 Å². The zero-order valence-corrected chi connectivity index (χ0v) is 11.6. The van der Waals surface area contributed by atoms with E-state index in [1.807, 2.05) is 0 Å². The van der Waals surface area contributed by atoms with Gasteiger partial charge in [0.2, 0.25) is 0 Å². The Labute approximate surface area is 117 Å². The molecular formula is C14H20O6. The highest BCUT2D eigenvalue weighted by molar-refractivity contribution is 6.01. The number of ether oxygens (including phenoxy) is 1. The Kier molecular flexibility index (Phi) is 6.21. The SMILES string of the molecule is CC/C(C(=O)O)=C(/CC(=O)OC1CCCCC1)C(=O)O. The highest BCUT2D eigenvalue weighted by atomic mass is 16.5. The van der Waals surface area contributed by atoms with Crippen molar-refractivity contribution in [1.29, 1.82) is 0 Å². The lowest BCUT2D eigenvalue weighted by atomic mass is 9.97. The highest BCUT2D eigenvalue weighted by Crippen LogP contribution is 2.22. The van der Waals surface area contributed by atoms with Gasteiger partial charge in [-0.1, -0.05) is 13.3 Å². The second-order valence-corrected chi connectivity index (χ2v) is 4.85. The molecule has 0 aromatic rings. The monoisotopic (exact) mass is 284 g/mol. The van der Waals surface area contributed by atoms with Crippen molar-refractivity contribution in [3.63, 3.8) is 0 Å². The molecule has 0 spiro atoms. The van der Waals surface area contributed by atoms with Crippen LogP contribution in [0, 0.1) is 0 Å². The van der Waals surface area contributed by atoms with Gasteiger partial charge in [0.05, 0.1) is 12.0 Å². The number of carbonyl (C=O) groups is 3. The molecule has 0 unspecified atom stereocenters. The summed E-state index contributed by atoms with van der Waals surface area (Å²) >= 11 is 0. The first-order valence-electron chi connectivity index (χ1n) is 6.83. The zero-order chi connectivity index (χ0) is 15.1. The second-order valence-electron chi connectivity index (χ2n) is 4.85. The summed E-state index contributed by atoms with van der Waals surface area (Å²) in [5, 5.41) is 18.0. The van der Waals surface area contributed by atoms with Gasteiger partial charge in [-0.05, 0) is 32.1 Å². The summed E-state index contributed by atoms with van der Waals surface area (Å²) < 4.78 is 5.22. The third kappa shape index (κ3) is 4.68. The molecule has 112 valence electrons. The molecule has 6 heteroatoms. The minimum atomic E-state index is -1.38. The van der Waals surface area contributed by atoms with Gasteiger partial charge in [-0.25, -0.2) is 9.59 Å². The number of aliphatic carboxylic acids is 2. The Morgan fingerprint density at radius 2 is 1.55 bits per heavy atom. The summed E-state index contributed by atoms with van der Waals surface area (Å²) in [5.74, 6) is -3.36. The van der Waals surface area contributed by atoms with Gasteiger partial charge in [-0.2, -0.15) is 0 Å². The van der Waals surface area contributed by atoms with Crippen molar-refractivity contribution in [2.45, 2.75) is 58.0 Å². The molecule has 1 saturated carbocycles. The van der Waals surface area contributed by atoms with E-state index in [1.165, 1.54) is 0 Å². The molecular weight excluding hydrogens is 264 g/mol. The molecule has 6 nitrogen and oxygen atoms in total. The van der Waals surface area contributed by atoms with Crippen LogP contribution in [0.3, 0.4) is 0 Å². The van der Waals surface area contributed by atoms with Crippen LogP contribution in [-0.4, -0.2) is 34.2 Å². The first-order valence-corrected chi connectivity index (χ1v) is 6.83. The van der Waals surface area contributed by atoms with Crippen molar-refractivity contribution in [2.75, 3.05) is 0 Å². The van der Waals surface area contributed by atoms with E-state index in [2.05, 4.69) is 0 Å². The van der Waals surface area contributed by atoms with Crippen molar-refractivity contribution >= 4 is 17.9 Å². The minimum absolute atomic E-state index is 0.0493. The van der Waals surface area contributed by atoms with Crippen LogP contribution >= 0.6 is 0 Å². The average molecular weight is 284 g/mol. The van der Waals surface area contributed by atoms with Gasteiger partial charge in [0.15, 0.2) is 0 Å². The molecule has 2 N–H and O–H groups in total. The van der Waals surface area contributed by atoms with Crippen LogP contribution in [0.15, 0.2) is 11.1 Å². The fourth-order valence-electron chi connectivity index (χ4n) is 2.36. The molecule has 1 aliphatic carbocycles. The van der Waals surface area contributed by atoms with Crippen molar-refractivity contribution in [2.24, 2.45) is 0 Å². The van der Waals surface area contributed by atoms with Gasteiger partial charge in [-0.3, -0.25) is 4.79 Å². The van der Waals surface area contributed by atoms with Gasteiger partial charge in [-0.15, -0.1) is 0 Å². The summed E-state index contributed by atoms with van der Waals surface area (Å²) in [7, 11) is 0. The molecule has 1 aliphatic rings. The summed E-state index contributed by atoms with van der Waals surface area (Å²) in [5.41, 5.74) is -0.640. The van der Waals surface area contributed by atoms with Crippen LogP contribution in [-0.2, 0) is 19.1 Å². The molecule has 0 amide bonds. The Hall–Kier alpha value is -1.85. The van der Waals surface area contributed by atoms with Crippen LogP contribution in [0.2, 0.25) is 0 Å². The normalized spacial score (nSPS) is 17.2. The maximum Gasteiger partial charge on any atom is 0.332 e. The van der Waals surface area contributed by atoms with E-state index in [4.69, 9.17) is 14.9 Å². The van der Waals surface area contributed by atoms with Crippen LogP contribution in [0.25, 0.3) is 0 Å². The molecule has 0 aliphatic heterocycles. The number of carbonyl (C=O) groups excluding carboxylic acids is 1. The van der Waals surface area contributed by atoms with Gasteiger partial charge >= 0.3 is 17.9 Å². The van der Waals surface area contributed by atoms with Crippen LogP contribution in [0.1, 0.15) is 51.9 Å². The highest BCUT2D eigenvalue weighted by Gasteiger charge is 2.24. The number of rotatable bonds is 6. The molecule has 20 heavy (non-hydrogen) atoms. The standard InChI is InChI=1S/C14H20O6/c1-2-10(13(16)17)11(14(18)19)8-12(15)20-9-6-4-3-5-7-9/h9H,2-8H2,1H3,(H,16,17)(H,18,19)/b11-10+. The number of esters is 1. The first kappa shape index (κ1) is 16.2. The lowest BCUT2D eigenvalue weighted by Gasteiger charge is -2.22. The molecule has 1 rings (SSSR count). The molecule has 1 fully saturated rings. The van der Waals surface area contributed by atoms with Gasteiger partial charge in [0.1, 0.15) is 6.10 Å². The van der Waals surface area contributed by atoms with E-state index in [0.717, 1.165) is 32.1 Å². The largest absolute Gasteiger partial charge is 0.478 e. The summed E-state index contributed by atoms with van der Waals surface area (Å²) in [6.07, 6.45) is 4.07. The lowest BCUT2D eigenvalue weighted by Crippen LogP contribution is -2.23. The third-order valence-electron chi connectivity index (χ3n) is 3.41. The average Bonchev–Trinajstić information content (AvgIpc) is 2.39. The Bertz CT molecular complexity index is 417. The van der Waals surface area contributed by atoms with Crippen molar-refractivity contribution in [3.05, 3.63) is 11.1 Å². The maximum atomic E-state index is 11.8. The van der Waals surface area contributed by atoms with Gasteiger partial charge < -0.3 is 14.9 Å². The Balaban J connectivity index is 2.72. The van der Waals surface area contributed by atoms with Crippen molar-refractivity contribution in [1.82, 2.24) is 0 Å². The lowest BCUT2D eigenvalue weighted by molar-refractivity contribution is -0.151. The van der Waals surface area contributed by atoms with E-state index in [0.29, 0.717) is 0 Å². The van der Waals surface area contributed by atoms with Crippen LogP contribution in [0.5, 0.6) is 0 Å². The third-order valence-corrected chi connectivity index (χ3v) is 3.41. The van der Waals surface area contributed by atoms with Gasteiger partial charge in [0, 0.05) is 5.57 Å². The quantitative estimate of drug-likeness (QED) is 0.572. The summed E-state index contributed by atoms with van der Waals surface area (Å²) in [6.45, 7) is 1.54. The van der Waals surface area contributed by atoms with Crippen molar-refractivity contribution in [3.8, 4) is 0 Å². The molecule has 0 aromatic carbocycles. The minimum Gasteiger partial charge on any atom is -0.478 e. The first-order chi connectivity index (χ1) is 9.45. The predicted octanol–water partition coefficient (Wildman–Crippen LogP) is 2.13. The number of carboxylic acid groups (broad SMARTS) is 2. The van der Waals surface area contributed by atoms with Crippen molar-refractivity contribution < 1.29 is 29.3 Å². The fraction of sp³-hybridized carbons (Fsp3) is 0.643. The topological polar surface area (TPSA) is 101 Å². The Morgan fingerprint density at radius 3 is 2.00 bits per heavy atom. The molecule has 0 aromatic heterocycles. The van der Waals surface area contributed by atoms with Gasteiger partial charge in [0.25, 0.3) is 0 Å². The summed E-state index contributed by atoms with van der Waals surface area (Å²) in [4.78, 5) is 33.8. The molecule has 0 radical (unpaired) electrons.